The molecule has 2 aliphatic rings. The number of amides is 1. The average Bonchev–Trinajstić information content (AvgIpc) is 3.55. The summed E-state index contributed by atoms with van der Waals surface area (Å²) in [5, 5.41) is 0. The number of ether oxygens (including phenoxy) is 3. The van der Waals surface area contributed by atoms with Crippen LogP contribution in [0.2, 0.25) is 0 Å². The molecule has 3 heterocycles. The lowest BCUT2D eigenvalue weighted by molar-refractivity contribution is -0.148. The van der Waals surface area contributed by atoms with E-state index in [-0.39, 0.29) is 29.8 Å². The lowest BCUT2D eigenvalue weighted by Crippen LogP contribution is -2.41. The minimum Gasteiger partial charge on any atom is -0.490 e. The lowest BCUT2D eigenvalue weighted by Gasteiger charge is -2.26. The number of furan rings is 1. The predicted octanol–water partition coefficient (Wildman–Crippen LogP) is 1.53. The molecule has 2 fully saturated rings. The Bertz CT molecular complexity index is 1050. The second-order valence-corrected chi connectivity index (χ2v) is 9.58. The highest BCUT2D eigenvalue weighted by molar-refractivity contribution is 7.89. The van der Waals surface area contributed by atoms with Gasteiger partial charge in [0.2, 0.25) is 10.0 Å². The normalized spacial score (nSPS) is 19.4. The molecule has 11 heteroatoms. The molecule has 10 nitrogen and oxygen atoms in total. The maximum absolute atomic E-state index is 12.6. The van der Waals surface area contributed by atoms with Gasteiger partial charge < -0.3 is 23.5 Å². The SMILES string of the molecule is O=C(OCCOc1ccc(S(=O)(=O)N2CCOCC2)cc1)[C@@H]1CCCN1C(=O)c1ccco1. The zero-order chi connectivity index (χ0) is 23.3. The summed E-state index contributed by atoms with van der Waals surface area (Å²) in [6.45, 7) is 2.00. The largest absolute Gasteiger partial charge is 0.490 e. The van der Waals surface area contributed by atoms with Crippen LogP contribution in [-0.4, -0.2) is 81.6 Å². The highest BCUT2D eigenvalue weighted by Crippen LogP contribution is 2.22. The van der Waals surface area contributed by atoms with E-state index >= 15 is 0 Å². The van der Waals surface area contributed by atoms with Gasteiger partial charge in [0, 0.05) is 19.6 Å². The van der Waals surface area contributed by atoms with Gasteiger partial charge in [-0.3, -0.25) is 4.79 Å². The van der Waals surface area contributed by atoms with E-state index in [0.717, 1.165) is 0 Å². The molecule has 0 saturated carbocycles. The van der Waals surface area contributed by atoms with Crippen LogP contribution in [0.1, 0.15) is 23.4 Å². The van der Waals surface area contributed by atoms with Crippen LogP contribution < -0.4 is 4.74 Å². The Balaban J connectivity index is 1.24. The van der Waals surface area contributed by atoms with E-state index in [4.69, 9.17) is 18.6 Å². The third kappa shape index (κ3) is 5.37. The van der Waals surface area contributed by atoms with Crippen molar-refractivity contribution in [2.75, 3.05) is 46.1 Å². The van der Waals surface area contributed by atoms with Crippen LogP contribution in [0.5, 0.6) is 5.75 Å². The average molecular weight is 479 g/mol. The fourth-order valence-corrected chi connectivity index (χ4v) is 5.25. The number of sulfonamides is 1. The molecule has 0 spiro atoms. The van der Waals surface area contributed by atoms with Gasteiger partial charge >= 0.3 is 5.97 Å². The van der Waals surface area contributed by atoms with Crippen molar-refractivity contribution in [3.63, 3.8) is 0 Å². The molecule has 4 rings (SSSR count). The number of esters is 1. The quantitative estimate of drug-likeness (QED) is 0.414. The van der Waals surface area contributed by atoms with E-state index in [1.807, 2.05) is 0 Å². The van der Waals surface area contributed by atoms with Crippen LogP contribution in [0.3, 0.4) is 0 Å². The number of rotatable bonds is 8. The first kappa shape index (κ1) is 23.3. The molecule has 1 atom stereocenters. The summed E-state index contributed by atoms with van der Waals surface area (Å²) < 4.78 is 47.9. The van der Waals surface area contributed by atoms with Gasteiger partial charge in [0.05, 0.1) is 24.4 Å². The molecule has 2 aromatic rings. The van der Waals surface area contributed by atoms with E-state index in [1.165, 1.54) is 27.6 Å². The van der Waals surface area contributed by atoms with E-state index in [9.17, 15) is 18.0 Å². The van der Waals surface area contributed by atoms with Gasteiger partial charge in [-0.05, 0) is 49.2 Å². The summed E-state index contributed by atoms with van der Waals surface area (Å²) in [6, 6.07) is 8.65. The third-order valence-corrected chi connectivity index (χ3v) is 7.46. The van der Waals surface area contributed by atoms with Crippen molar-refractivity contribution in [3.05, 3.63) is 48.4 Å². The molecule has 0 N–H and O–H groups in total. The highest BCUT2D eigenvalue weighted by Gasteiger charge is 2.36. The van der Waals surface area contributed by atoms with Crippen molar-refractivity contribution in [2.45, 2.75) is 23.8 Å². The number of likely N-dealkylation sites (tertiary alicyclic amines) is 1. The second-order valence-electron chi connectivity index (χ2n) is 7.64. The molecule has 2 aliphatic heterocycles. The summed E-state index contributed by atoms with van der Waals surface area (Å²) in [5.74, 6) is -0.162. The van der Waals surface area contributed by atoms with Gasteiger partial charge in [-0.2, -0.15) is 4.31 Å². The smallest absolute Gasteiger partial charge is 0.328 e. The van der Waals surface area contributed by atoms with Crippen LogP contribution in [-0.2, 0) is 24.3 Å². The fraction of sp³-hybridized carbons (Fsp3) is 0.455. The van der Waals surface area contributed by atoms with Gasteiger partial charge in [-0.25, -0.2) is 13.2 Å². The molecule has 1 amide bonds. The fourth-order valence-electron chi connectivity index (χ4n) is 3.84. The Morgan fingerprint density at radius 1 is 1.03 bits per heavy atom. The van der Waals surface area contributed by atoms with Gasteiger partial charge in [0.25, 0.3) is 5.91 Å². The van der Waals surface area contributed by atoms with Gasteiger partial charge in [-0.15, -0.1) is 0 Å². The standard InChI is InChI=1S/C22H26N2O8S/c25-21(20-4-2-12-31-20)24-9-1-3-19(24)22(26)32-16-15-30-17-5-7-18(8-6-17)33(27,28)23-10-13-29-14-11-23/h2,4-8,12,19H,1,3,9-11,13-16H2/t19-/m0/s1. The van der Waals surface area contributed by atoms with E-state index in [1.54, 1.807) is 24.3 Å². The van der Waals surface area contributed by atoms with Gasteiger partial charge in [0.1, 0.15) is 25.0 Å². The molecular formula is C22H26N2O8S. The van der Waals surface area contributed by atoms with Crippen molar-refractivity contribution in [2.24, 2.45) is 0 Å². The molecule has 0 aliphatic carbocycles. The molecule has 178 valence electrons. The topological polar surface area (TPSA) is 116 Å². The van der Waals surface area contributed by atoms with Crippen LogP contribution >= 0.6 is 0 Å². The van der Waals surface area contributed by atoms with Crippen molar-refractivity contribution < 1.29 is 36.6 Å². The van der Waals surface area contributed by atoms with Gasteiger partial charge in [-0.1, -0.05) is 0 Å². The number of nitrogens with zero attached hydrogens (tertiary/aromatic N) is 2. The van der Waals surface area contributed by atoms with Crippen molar-refractivity contribution in [1.29, 1.82) is 0 Å². The number of hydrogen-bond acceptors (Lipinski definition) is 8. The minimum atomic E-state index is -3.56. The van der Waals surface area contributed by atoms with E-state index in [2.05, 4.69) is 0 Å². The Morgan fingerprint density at radius 2 is 1.79 bits per heavy atom. The predicted molar refractivity (Wildman–Crippen MR) is 115 cm³/mol. The third-order valence-electron chi connectivity index (χ3n) is 5.55. The van der Waals surface area contributed by atoms with Crippen LogP contribution in [0.25, 0.3) is 0 Å². The van der Waals surface area contributed by atoms with E-state index < -0.39 is 22.0 Å². The lowest BCUT2D eigenvalue weighted by atomic mass is 10.2. The summed E-state index contributed by atoms with van der Waals surface area (Å²) in [6.07, 6.45) is 2.66. The molecular weight excluding hydrogens is 452 g/mol. The van der Waals surface area contributed by atoms with Crippen molar-refractivity contribution >= 4 is 21.9 Å². The summed E-state index contributed by atoms with van der Waals surface area (Å²) in [4.78, 5) is 26.6. The first-order valence-corrected chi connectivity index (χ1v) is 12.2. The summed E-state index contributed by atoms with van der Waals surface area (Å²) in [5.41, 5.74) is 0. The molecule has 33 heavy (non-hydrogen) atoms. The number of carbonyl (C=O) groups is 2. The summed E-state index contributed by atoms with van der Waals surface area (Å²) >= 11 is 0. The number of morpholine rings is 1. The second kappa shape index (κ2) is 10.4. The van der Waals surface area contributed by atoms with Crippen molar-refractivity contribution in [3.8, 4) is 5.75 Å². The zero-order valence-electron chi connectivity index (χ0n) is 18.1. The highest BCUT2D eigenvalue weighted by atomic mass is 32.2. The first-order valence-electron chi connectivity index (χ1n) is 10.8. The van der Waals surface area contributed by atoms with E-state index in [0.29, 0.717) is 51.4 Å². The molecule has 2 saturated heterocycles. The van der Waals surface area contributed by atoms with Crippen LogP contribution in [0.15, 0.2) is 52.0 Å². The monoisotopic (exact) mass is 478 g/mol. The van der Waals surface area contributed by atoms with Crippen molar-refractivity contribution in [1.82, 2.24) is 9.21 Å². The molecule has 0 bridgehead atoms. The zero-order valence-corrected chi connectivity index (χ0v) is 18.9. The Morgan fingerprint density at radius 3 is 2.48 bits per heavy atom. The maximum atomic E-state index is 12.6. The molecule has 1 aromatic carbocycles. The van der Waals surface area contributed by atoms with Crippen LogP contribution in [0.4, 0.5) is 0 Å². The first-order chi connectivity index (χ1) is 16.0. The number of benzene rings is 1. The summed E-state index contributed by atoms with van der Waals surface area (Å²) in [7, 11) is -3.56. The van der Waals surface area contributed by atoms with Gasteiger partial charge in [0.15, 0.2) is 5.76 Å². The molecule has 1 aromatic heterocycles. The van der Waals surface area contributed by atoms with Crippen LogP contribution in [0, 0.1) is 0 Å². The Kier molecular flexibility index (Phi) is 7.31. The minimum absolute atomic E-state index is 0.00590. The number of hydrogen-bond donors (Lipinski definition) is 0. The maximum Gasteiger partial charge on any atom is 0.328 e. The Labute approximate surface area is 192 Å². The molecule has 0 radical (unpaired) electrons. The molecule has 0 unspecified atom stereocenters. The number of carbonyl (C=O) groups excluding carboxylic acids is 2. The Hall–Kier alpha value is -2.89.